The summed E-state index contributed by atoms with van der Waals surface area (Å²) >= 11 is 0. The fourth-order valence-electron chi connectivity index (χ4n) is 2.12. The summed E-state index contributed by atoms with van der Waals surface area (Å²) in [5, 5.41) is 0. The normalized spacial score (nSPS) is 18.2. The Labute approximate surface area is 97.0 Å². The minimum absolute atomic E-state index is 0.0370. The molecule has 3 nitrogen and oxygen atoms in total. The summed E-state index contributed by atoms with van der Waals surface area (Å²) in [4.78, 5) is 6.79. The summed E-state index contributed by atoms with van der Waals surface area (Å²) in [6.07, 6.45) is 5.24. The van der Waals surface area contributed by atoms with Crippen molar-refractivity contribution < 1.29 is 0 Å². The van der Waals surface area contributed by atoms with Crippen molar-refractivity contribution >= 4 is 5.82 Å². The van der Waals surface area contributed by atoms with E-state index in [0.717, 1.165) is 30.9 Å². The van der Waals surface area contributed by atoms with E-state index in [1.54, 1.807) is 0 Å². The molecule has 1 aromatic heterocycles. The van der Waals surface area contributed by atoms with E-state index in [2.05, 4.69) is 29.0 Å². The van der Waals surface area contributed by atoms with Crippen LogP contribution in [-0.2, 0) is 0 Å². The van der Waals surface area contributed by atoms with Crippen molar-refractivity contribution in [1.29, 1.82) is 0 Å². The first-order valence-corrected chi connectivity index (χ1v) is 5.79. The molecule has 0 unspecified atom stereocenters. The molecular weight excluding hydrogens is 198 g/mol. The van der Waals surface area contributed by atoms with Gasteiger partial charge in [0.25, 0.3) is 0 Å². The molecule has 0 radical (unpaired) electrons. The zero-order valence-corrected chi connectivity index (χ0v) is 9.98. The van der Waals surface area contributed by atoms with E-state index in [0.29, 0.717) is 0 Å². The SMILES string of the molecule is CC1=CCCN(c2ncccc2[C@H](C)N)C1. The molecule has 0 aliphatic carbocycles. The number of aromatic nitrogens is 1. The Bertz CT molecular complexity index is 396. The lowest BCUT2D eigenvalue weighted by Gasteiger charge is -2.29. The predicted octanol–water partition coefficient (Wildman–Crippen LogP) is 2.26. The highest BCUT2D eigenvalue weighted by Crippen LogP contribution is 2.24. The second kappa shape index (κ2) is 4.66. The maximum Gasteiger partial charge on any atom is 0.133 e. The summed E-state index contributed by atoms with van der Waals surface area (Å²) in [6.45, 7) is 6.18. The van der Waals surface area contributed by atoms with Crippen molar-refractivity contribution in [3.63, 3.8) is 0 Å². The average molecular weight is 217 g/mol. The number of rotatable bonds is 2. The van der Waals surface area contributed by atoms with Gasteiger partial charge in [-0.3, -0.25) is 0 Å². The van der Waals surface area contributed by atoms with Crippen LogP contribution in [0.4, 0.5) is 5.82 Å². The Hall–Kier alpha value is -1.35. The molecule has 0 amide bonds. The first kappa shape index (κ1) is 11.1. The van der Waals surface area contributed by atoms with Crippen molar-refractivity contribution in [3.8, 4) is 0 Å². The zero-order valence-electron chi connectivity index (χ0n) is 9.98. The first-order chi connectivity index (χ1) is 7.68. The number of hydrogen-bond donors (Lipinski definition) is 1. The zero-order chi connectivity index (χ0) is 11.5. The molecule has 2 N–H and O–H groups in total. The summed E-state index contributed by atoms with van der Waals surface area (Å²) in [5.41, 5.74) is 8.52. The lowest BCUT2D eigenvalue weighted by Crippen LogP contribution is -2.31. The van der Waals surface area contributed by atoms with Crippen molar-refractivity contribution in [2.24, 2.45) is 5.73 Å². The average Bonchev–Trinajstić information content (AvgIpc) is 2.29. The standard InChI is InChI=1S/C13H19N3/c1-10-5-4-8-16(9-10)13-12(11(2)14)6-3-7-15-13/h3,5-7,11H,4,8-9,14H2,1-2H3/t11-/m0/s1. The molecule has 1 aromatic rings. The van der Waals surface area contributed by atoms with Crippen LogP contribution in [0.2, 0.25) is 0 Å². The van der Waals surface area contributed by atoms with Gasteiger partial charge < -0.3 is 10.6 Å². The molecule has 1 atom stereocenters. The van der Waals surface area contributed by atoms with E-state index in [9.17, 15) is 0 Å². The predicted molar refractivity (Wildman–Crippen MR) is 67.4 cm³/mol. The third-order valence-corrected chi connectivity index (χ3v) is 2.94. The second-order valence-electron chi connectivity index (χ2n) is 4.47. The van der Waals surface area contributed by atoms with Gasteiger partial charge in [0.2, 0.25) is 0 Å². The molecule has 1 aliphatic heterocycles. The third kappa shape index (κ3) is 2.25. The second-order valence-corrected chi connectivity index (χ2v) is 4.47. The molecule has 2 heterocycles. The van der Waals surface area contributed by atoms with Gasteiger partial charge in [-0.25, -0.2) is 4.98 Å². The van der Waals surface area contributed by atoms with Crippen LogP contribution in [0.25, 0.3) is 0 Å². The largest absolute Gasteiger partial charge is 0.352 e. The van der Waals surface area contributed by atoms with Crippen molar-refractivity contribution in [3.05, 3.63) is 35.5 Å². The van der Waals surface area contributed by atoms with Gasteiger partial charge in [-0.05, 0) is 26.3 Å². The molecule has 0 saturated carbocycles. The van der Waals surface area contributed by atoms with Crippen LogP contribution in [0.1, 0.15) is 31.9 Å². The van der Waals surface area contributed by atoms with Gasteiger partial charge in [-0.2, -0.15) is 0 Å². The van der Waals surface area contributed by atoms with E-state index in [-0.39, 0.29) is 6.04 Å². The molecule has 0 spiro atoms. The highest BCUT2D eigenvalue weighted by Gasteiger charge is 2.16. The molecular formula is C13H19N3. The van der Waals surface area contributed by atoms with Crippen molar-refractivity contribution in [2.45, 2.75) is 26.3 Å². The van der Waals surface area contributed by atoms with Gasteiger partial charge >= 0.3 is 0 Å². The van der Waals surface area contributed by atoms with Crippen LogP contribution in [0, 0.1) is 0 Å². The number of nitrogens with two attached hydrogens (primary N) is 1. The van der Waals surface area contributed by atoms with Crippen LogP contribution < -0.4 is 10.6 Å². The van der Waals surface area contributed by atoms with Crippen molar-refractivity contribution in [2.75, 3.05) is 18.0 Å². The molecule has 3 heteroatoms. The maximum absolute atomic E-state index is 5.97. The van der Waals surface area contributed by atoms with Crippen LogP contribution >= 0.6 is 0 Å². The number of hydrogen-bond acceptors (Lipinski definition) is 3. The lowest BCUT2D eigenvalue weighted by molar-refractivity contribution is 0.745. The van der Waals surface area contributed by atoms with Gasteiger partial charge in [0, 0.05) is 30.9 Å². The Balaban J connectivity index is 2.29. The molecule has 0 saturated heterocycles. The Morgan fingerprint density at radius 2 is 2.31 bits per heavy atom. The van der Waals surface area contributed by atoms with Gasteiger partial charge in [-0.15, -0.1) is 0 Å². The number of nitrogens with zero attached hydrogens (tertiary/aromatic N) is 2. The van der Waals surface area contributed by atoms with Crippen LogP contribution in [0.3, 0.4) is 0 Å². The smallest absolute Gasteiger partial charge is 0.133 e. The molecule has 0 fully saturated rings. The highest BCUT2D eigenvalue weighted by molar-refractivity contribution is 5.50. The van der Waals surface area contributed by atoms with Crippen LogP contribution in [-0.4, -0.2) is 18.1 Å². The third-order valence-electron chi connectivity index (χ3n) is 2.94. The Morgan fingerprint density at radius 3 is 3.00 bits per heavy atom. The number of anilines is 1. The fraction of sp³-hybridized carbons (Fsp3) is 0.462. The molecule has 0 aromatic carbocycles. The quantitative estimate of drug-likeness (QED) is 0.773. The summed E-state index contributed by atoms with van der Waals surface area (Å²) < 4.78 is 0. The van der Waals surface area contributed by atoms with E-state index in [4.69, 9.17) is 5.73 Å². The number of pyridine rings is 1. The van der Waals surface area contributed by atoms with Gasteiger partial charge in [0.1, 0.15) is 5.82 Å². The monoisotopic (exact) mass is 217 g/mol. The van der Waals surface area contributed by atoms with E-state index in [1.807, 2.05) is 19.2 Å². The van der Waals surface area contributed by atoms with Gasteiger partial charge in [0.05, 0.1) is 0 Å². The van der Waals surface area contributed by atoms with Gasteiger partial charge in [-0.1, -0.05) is 17.7 Å². The topological polar surface area (TPSA) is 42.2 Å². The van der Waals surface area contributed by atoms with E-state index in [1.165, 1.54) is 5.57 Å². The molecule has 86 valence electrons. The van der Waals surface area contributed by atoms with Crippen molar-refractivity contribution in [1.82, 2.24) is 4.98 Å². The van der Waals surface area contributed by atoms with Gasteiger partial charge in [0.15, 0.2) is 0 Å². The summed E-state index contributed by atoms with van der Waals surface area (Å²) in [7, 11) is 0. The lowest BCUT2D eigenvalue weighted by atomic mass is 10.1. The summed E-state index contributed by atoms with van der Waals surface area (Å²) in [6, 6.07) is 4.06. The Kier molecular flexibility index (Phi) is 3.25. The fourth-order valence-corrected chi connectivity index (χ4v) is 2.12. The molecule has 2 rings (SSSR count). The van der Waals surface area contributed by atoms with Crippen LogP contribution in [0.15, 0.2) is 30.0 Å². The molecule has 16 heavy (non-hydrogen) atoms. The van der Waals surface area contributed by atoms with E-state index >= 15 is 0 Å². The molecule has 0 bridgehead atoms. The highest BCUT2D eigenvalue weighted by atomic mass is 15.2. The van der Waals surface area contributed by atoms with E-state index < -0.39 is 0 Å². The minimum atomic E-state index is 0.0370. The maximum atomic E-state index is 5.97. The minimum Gasteiger partial charge on any atom is -0.352 e. The summed E-state index contributed by atoms with van der Waals surface area (Å²) in [5.74, 6) is 1.05. The molecule has 1 aliphatic rings. The first-order valence-electron chi connectivity index (χ1n) is 5.79. The Morgan fingerprint density at radius 1 is 1.50 bits per heavy atom. The van der Waals surface area contributed by atoms with Crippen LogP contribution in [0.5, 0.6) is 0 Å².